The summed E-state index contributed by atoms with van der Waals surface area (Å²) in [6, 6.07) is 12.7. The van der Waals surface area contributed by atoms with Gasteiger partial charge in [-0.05, 0) is 23.3 Å². The molecule has 1 atom stereocenters. The summed E-state index contributed by atoms with van der Waals surface area (Å²) in [6.07, 6.45) is -0.794. The highest BCUT2D eigenvalue weighted by molar-refractivity contribution is 5.80. The number of aromatic nitrogens is 1. The minimum absolute atomic E-state index is 0.0267. The van der Waals surface area contributed by atoms with Gasteiger partial charge in [0, 0.05) is 6.42 Å². The fourth-order valence-electron chi connectivity index (χ4n) is 2.47. The van der Waals surface area contributed by atoms with Crippen molar-refractivity contribution in [1.82, 2.24) is 10.3 Å². The molecule has 0 aliphatic carbocycles. The van der Waals surface area contributed by atoms with Crippen LogP contribution in [0, 0.1) is 0 Å². The van der Waals surface area contributed by atoms with E-state index in [-0.39, 0.29) is 13.0 Å². The Bertz CT molecular complexity index is 976. The molecule has 0 aliphatic rings. The molecule has 8 nitrogen and oxygen atoms in total. The molecule has 0 bridgehead atoms. The van der Waals surface area contributed by atoms with Gasteiger partial charge in [0.1, 0.15) is 12.6 Å². The van der Waals surface area contributed by atoms with Crippen LogP contribution in [0.1, 0.15) is 11.1 Å². The molecule has 3 rings (SSSR count). The number of carbonyl (C=O) groups is 2. The fourth-order valence-corrected chi connectivity index (χ4v) is 2.47. The number of carbonyl (C=O) groups excluding carboxylic acids is 1. The molecule has 1 amide bonds. The van der Waals surface area contributed by atoms with Crippen molar-refractivity contribution in [3.63, 3.8) is 0 Å². The molecule has 0 fully saturated rings. The lowest BCUT2D eigenvalue weighted by molar-refractivity contribution is -0.139. The van der Waals surface area contributed by atoms with E-state index in [1.165, 1.54) is 0 Å². The van der Waals surface area contributed by atoms with E-state index >= 15 is 0 Å². The maximum atomic E-state index is 11.9. The van der Waals surface area contributed by atoms with Gasteiger partial charge in [-0.15, -0.1) is 0 Å². The Morgan fingerprint density at radius 2 is 1.92 bits per heavy atom. The van der Waals surface area contributed by atoms with Crippen molar-refractivity contribution in [3.8, 4) is 0 Å². The van der Waals surface area contributed by atoms with Crippen LogP contribution < -0.4 is 11.1 Å². The average molecular weight is 356 g/mol. The van der Waals surface area contributed by atoms with Crippen molar-refractivity contribution < 1.29 is 23.8 Å². The highest BCUT2D eigenvalue weighted by Gasteiger charge is 2.21. The number of hydrogen-bond donors (Lipinski definition) is 3. The Balaban J connectivity index is 1.63. The van der Waals surface area contributed by atoms with Crippen LogP contribution in [0.5, 0.6) is 0 Å². The summed E-state index contributed by atoms with van der Waals surface area (Å²) >= 11 is 0. The summed E-state index contributed by atoms with van der Waals surface area (Å²) < 4.78 is 9.94. The SMILES string of the molecule is O=C(N[C@@H](Cc1ccc2oc(=O)[nH]c2c1)C(=O)O)OCc1ccccc1. The van der Waals surface area contributed by atoms with Crippen LogP contribution in [-0.2, 0) is 22.6 Å². The number of H-pyrrole nitrogens is 1. The lowest BCUT2D eigenvalue weighted by atomic mass is 10.1. The van der Waals surface area contributed by atoms with E-state index in [2.05, 4.69) is 10.3 Å². The van der Waals surface area contributed by atoms with E-state index in [1.807, 2.05) is 18.2 Å². The molecule has 0 spiro atoms. The van der Waals surface area contributed by atoms with Crippen molar-refractivity contribution in [2.24, 2.45) is 0 Å². The number of benzene rings is 2. The Labute approximate surface area is 147 Å². The smallest absolute Gasteiger partial charge is 0.417 e. The number of nitrogens with one attached hydrogen (secondary N) is 2. The second-order valence-electron chi connectivity index (χ2n) is 5.65. The summed E-state index contributed by atoms with van der Waals surface area (Å²) in [5, 5.41) is 11.7. The Hall–Kier alpha value is -3.55. The molecule has 0 aliphatic heterocycles. The molecule has 0 saturated carbocycles. The summed E-state index contributed by atoms with van der Waals surface area (Å²) in [4.78, 5) is 37.0. The van der Waals surface area contributed by atoms with Crippen LogP contribution >= 0.6 is 0 Å². The first-order valence-electron chi connectivity index (χ1n) is 7.83. The van der Waals surface area contributed by atoms with Crippen molar-refractivity contribution in [2.45, 2.75) is 19.1 Å². The molecule has 1 heterocycles. The van der Waals surface area contributed by atoms with Gasteiger partial charge in [0.05, 0.1) is 5.52 Å². The molecule has 26 heavy (non-hydrogen) atoms. The van der Waals surface area contributed by atoms with E-state index in [9.17, 15) is 19.5 Å². The largest absolute Gasteiger partial charge is 0.480 e. The normalized spacial score (nSPS) is 11.8. The van der Waals surface area contributed by atoms with Crippen molar-refractivity contribution in [3.05, 3.63) is 70.2 Å². The number of rotatable bonds is 6. The molecule has 8 heteroatoms. The number of carboxylic acids is 1. The van der Waals surface area contributed by atoms with E-state index in [4.69, 9.17) is 9.15 Å². The third kappa shape index (κ3) is 4.29. The molecule has 1 aromatic heterocycles. The lowest BCUT2D eigenvalue weighted by Crippen LogP contribution is -2.42. The first kappa shape index (κ1) is 17.3. The van der Waals surface area contributed by atoms with E-state index in [0.717, 1.165) is 5.56 Å². The van der Waals surface area contributed by atoms with Gasteiger partial charge in [-0.25, -0.2) is 14.4 Å². The maximum absolute atomic E-state index is 11.9. The second kappa shape index (κ2) is 7.56. The molecule has 3 aromatic rings. The van der Waals surface area contributed by atoms with Gasteiger partial charge in [-0.1, -0.05) is 36.4 Å². The van der Waals surface area contributed by atoms with Gasteiger partial charge < -0.3 is 19.6 Å². The van der Waals surface area contributed by atoms with Gasteiger partial charge >= 0.3 is 17.8 Å². The molecule has 2 aromatic carbocycles. The summed E-state index contributed by atoms with van der Waals surface area (Å²) in [7, 11) is 0. The molecule has 0 saturated heterocycles. The standard InChI is InChI=1S/C18H16N2O6/c21-16(22)14(20-17(23)25-10-11-4-2-1-3-5-11)9-12-6-7-15-13(8-12)19-18(24)26-15/h1-8,14H,9-10H2,(H,19,24)(H,20,23)(H,21,22)/t14-/m0/s1. The fraction of sp³-hybridized carbons (Fsp3) is 0.167. The molecular weight excluding hydrogens is 340 g/mol. The number of amides is 1. The first-order chi connectivity index (χ1) is 12.5. The minimum Gasteiger partial charge on any atom is -0.480 e. The molecule has 0 radical (unpaired) electrons. The third-order valence-corrected chi connectivity index (χ3v) is 3.73. The van der Waals surface area contributed by atoms with E-state index in [0.29, 0.717) is 16.7 Å². The quantitative estimate of drug-likeness (QED) is 0.621. The van der Waals surface area contributed by atoms with E-state index < -0.39 is 23.9 Å². The summed E-state index contributed by atoms with van der Waals surface area (Å²) in [5.41, 5.74) is 2.25. The lowest BCUT2D eigenvalue weighted by Gasteiger charge is -2.14. The highest BCUT2D eigenvalue weighted by Crippen LogP contribution is 2.14. The number of aliphatic carboxylic acids is 1. The molecular formula is C18H16N2O6. The molecule has 134 valence electrons. The topological polar surface area (TPSA) is 122 Å². The monoisotopic (exact) mass is 356 g/mol. The van der Waals surface area contributed by atoms with Gasteiger partial charge in [-0.2, -0.15) is 0 Å². The van der Waals surface area contributed by atoms with E-state index in [1.54, 1.807) is 30.3 Å². The van der Waals surface area contributed by atoms with Crippen LogP contribution in [0.3, 0.4) is 0 Å². The number of fused-ring (bicyclic) bond motifs is 1. The van der Waals surface area contributed by atoms with Crippen molar-refractivity contribution in [2.75, 3.05) is 0 Å². The van der Waals surface area contributed by atoms with Crippen LogP contribution in [0.25, 0.3) is 11.1 Å². The number of ether oxygens (including phenoxy) is 1. The summed E-state index contributed by atoms with van der Waals surface area (Å²) in [5.74, 6) is -1.78. The van der Waals surface area contributed by atoms with Crippen molar-refractivity contribution in [1.29, 1.82) is 0 Å². The maximum Gasteiger partial charge on any atom is 0.417 e. The highest BCUT2D eigenvalue weighted by atomic mass is 16.5. The van der Waals surface area contributed by atoms with Crippen LogP contribution in [0.15, 0.2) is 57.7 Å². The predicted molar refractivity (Wildman–Crippen MR) is 91.7 cm³/mol. The number of hydrogen-bond acceptors (Lipinski definition) is 5. The Morgan fingerprint density at radius 1 is 1.15 bits per heavy atom. The third-order valence-electron chi connectivity index (χ3n) is 3.73. The Morgan fingerprint density at radius 3 is 2.65 bits per heavy atom. The van der Waals surface area contributed by atoms with Crippen LogP contribution in [0.4, 0.5) is 4.79 Å². The number of carboxylic acid groups (broad SMARTS) is 1. The van der Waals surface area contributed by atoms with Crippen LogP contribution in [0.2, 0.25) is 0 Å². The average Bonchev–Trinajstić information content (AvgIpc) is 2.99. The van der Waals surface area contributed by atoms with Gasteiger partial charge in [0.25, 0.3) is 0 Å². The van der Waals surface area contributed by atoms with Crippen molar-refractivity contribution >= 4 is 23.2 Å². The molecule has 3 N–H and O–H groups in total. The number of aromatic amines is 1. The predicted octanol–water partition coefficient (Wildman–Crippen LogP) is 2.04. The Kier molecular flexibility index (Phi) is 5.02. The zero-order chi connectivity index (χ0) is 18.5. The number of oxazole rings is 1. The zero-order valence-electron chi connectivity index (χ0n) is 13.6. The van der Waals surface area contributed by atoms with Gasteiger partial charge in [0.2, 0.25) is 0 Å². The zero-order valence-corrected chi connectivity index (χ0v) is 13.6. The minimum atomic E-state index is -1.19. The second-order valence-corrected chi connectivity index (χ2v) is 5.65. The van der Waals surface area contributed by atoms with Gasteiger partial charge in [0.15, 0.2) is 5.58 Å². The first-order valence-corrected chi connectivity index (χ1v) is 7.83. The van der Waals surface area contributed by atoms with Crippen LogP contribution in [-0.4, -0.2) is 28.2 Å². The van der Waals surface area contributed by atoms with Gasteiger partial charge in [-0.3, -0.25) is 4.98 Å². The number of alkyl carbamates (subject to hydrolysis) is 1. The summed E-state index contributed by atoms with van der Waals surface area (Å²) in [6.45, 7) is 0.0429. The molecule has 0 unspecified atom stereocenters.